The van der Waals surface area contributed by atoms with Crippen molar-refractivity contribution in [1.82, 2.24) is 19.9 Å². The van der Waals surface area contributed by atoms with Gasteiger partial charge in [0.2, 0.25) is 0 Å². The van der Waals surface area contributed by atoms with E-state index < -0.39 is 0 Å². The molecule has 12 heteroatoms. The number of hydrogen-bond donors (Lipinski definition) is 0. The third kappa shape index (κ3) is 11.5. The second-order valence-electron chi connectivity index (χ2n) is 12.9. The quantitative estimate of drug-likeness (QED) is 0.0690. The minimum Gasteiger partial charge on any atom is -0.399 e. The number of hydrogen-bond acceptors (Lipinski definition) is 12. The first-order valence-corrected chi connectivity index (χ1v) is 18.2. The number of rotatable bonds is 11. The van der Waals surface area contributed by atoms with Crippen molar-refractivity contribution in [3.8, 4) is 11.8 Å². The van der Waals surface area contributed by atoms with Gasteiger partial charge in [-0.2, -0.15) is 0 Å². The molecule has 2 aliphatic rings. The predicted molar refractivity (Wildman–Crippen MR) is 211 cm³/mol. The maximum absolute atomic E-state index is 5.58. The van der Waals surface area contributed by atoms with E-state index in [1.807, 2.05) is 70.2 Å². The van der Waals surface area contributed by atoms with Gasteiger partial charge in [-0.1, -0.05) is 50.8 Å². The van der Waals surface area contributed by atoms with Gasteiger partial charge in [-0.05, 0) is 133 Å². The molecule has 280 valence electrons. The summed E-state index contributed by atoms with van der Waals surface area (Å²) in [5, 5.41) is 16.4. The van der Waals surface area contributed by atoms with E-state index >= 15 is 0 Å². The first-order valence-electron chi connectivity index (χ1n) is 18.2. The van der Waals surface area contributed by atoms with Gasteiger partial charge in [0.15, 0.2) is 6.61 Å². The molecule has 4 aromatic rings. The molecule has 0 fully saturated rings. The number of nitrogens with zero attached hydrogens (tertiary/aromatic N) is 8. The normalized spacial score (nSPS) is 15.2. The van der Waals surface area contributed by atoms with Crippen LogP contribution in [0.25, 0.3) is 0 Å². The Hall–Kier alpha value is -5.96. The van der Waals surface area contributed by atoms with Crippen LogP contribution < -0.4 is 0 Å². The van der Waals surface area contributed by atoms with Crippen molar-refractivity contribution in [3.63, 3.8) is 0 Å². The van der Waals surface area contributed by atoms with Gasteiger partial charge in [-0.15, -0.1) is 0 Å². The first-order chi connectivity index (χ1) is 26.3. The molecule has 4 aromatic heterocycles. The van der Waals surface area contributed by atoms with Gasteiger partial charge in [-0.3, -0.25) is 15.0 Å². The Balaban J connectivity index is 0.000000208. The fraction of sp³-hybridized carbons (Fsp3) is 0.381. The minimum atomic E-state index is 0.196. The van der Waals surface area contributed by atoms with E-state index in [1.54, 1.807) is 0 Å². The average molecular weight is 729 g/mol. The molecule has 54 heavy (non-hydrogen) atoms. The maximum atomic E-state index is 5.58. The van der Waals surface area contributed by atoms with Crippen molar-refractivity contribution in [2.24, 2.45) is 20.6 Å². The predicted octanol–water partition coefficient (Wildman–Crippen LogP) is 7.11. The van der Waals surface area contributed by atoms with Crippen LogP contribution in [0, 0.1) is 25.7 Å². The van der Waals surface area contributed by atoms with Gasteiger partial charge >= 0.3 is 0 Å². The van der Waals surface area contributed by atoms with Crippen LogP contribution >= 0.6 is 0 Å². The number of oxime groups is 4. The van der Waals surface area contributed by atoms with E-state index in [0.29, 0.717) is 18.0 Å². The Morgan fingerprint density at radius 2 is 1.24 bits per heavy atom. The summed E-state index contributed by atoms with van der Waals surface area (Å²) in [6.07, 6.45) is 7.73. The topological polar surface area (TPSA) is 138 Å². The average Bonchev–Trinajstić information content (AvgIpc) is 3.18. The summed E-state index contributed by atoms with van der Waals surface area (Å²) in [5.74, 6) is 5.92. The van der Waals surface area contributed by atoms with Crippen molar-refractivity contribution in [1.29, 1.82) is 0 Å². The Labute approximate surface area is 317 Å². The van der Waals surface area contributed by atoms with Crippen LogP contribution in [0.4, 0.5) is 0 Å². The number of fused-ring (bicyclic) bond motifs is 2. The lowest BCUT2D eigenvalue weighted by Crippen LogP contribution is -2.15. The molecule has 0 saturated carbocycles. The molecule has 0 amide bonds. The molecule has 0 N–H and O–H groups in total. The summed E-state index contributed by atoms with van der Waals surface area (Å²) >= 11 is 0. The third-order valence-corrected chi connectivity index (χ3v) is 8.63. The van der Waals surface area contributed by atoms with E-state index in [1.165, 1.54) is 25.3 Å². The standard InChI is InChI=1S/C21H26N4O2.C21H22N4O2/c2*1-15-12-13-17-7-4-11-20(21(17)22-15)25-27-14-6-9-18-8-5-10-19(23-18)16(2)24-26-3/h5,8,10,12-13H,4,6-7,9,11,14H2,1-3H3;5,8,10,12-13H,4,7,11,14H2,1-3H3/b2*24-16+,25-20+. The SMILES string of the molecule is CO/N=C(\C)c1cccc(C#CCO/N=C2\CCCc3ccc(C)nc32)n1.CO/N=C(\C)c1cccc(CCCO/N=C2\CCCc3ccc(C)nc32)n1. The maximum Gasteiger partial charge on any atom is 0.177 e. The fourth-order valence-electron chi connectivity index (χ4n) is 5.99. The highest BCUT2D eigenvalue weighted by molar-refractivity contribution is 6.01. The summed E-state index contributed by atoms with van der Waals surface area (Å²) in [5.41, 5.74) is 13.0. The molecule has 0 aromatic carbocycles. The molecule has 0 saturated heterocycles. The Morgan fingerprint density at radius 3 is 1.85 bits per heavy atom. The van der Waals surface area contributed by atoms with Crippen LogP contribution in [0.15, 0.2) is 81.3 Å². The highest BCUT2D eigenvalue weighted by Gasteiger charge is 2.19. The summed E-state index contributed by atoms with van der Waals surface area (Å²) in [6, 6.07) is 19.9. The lowest BCUT2D eigenvalue weighted by molar-refractivity contribution is 0.141. The highest BCUT2D eigenvalue weighted by Crippen LogP contribution is 2.22. The van der Waals surface area contributed by atoms with Gasteiger partial charge in [0.25, 0.3) is 0 Å². The van der Waals surface area contributed by atoms with Crippen LogP contribution in [0.3, 0.4) is 0 Å². The zero-order valence-electron chi connectivity index (χ0n) is 32.1. The molecule has 0 unspecified atom stereocenters. The van der Waals surface area contributed by atoms with Gasteiger partial charge in [-0.25, -0.2) is 4.98 Å². The monoisotopic (exact) mass is 728 g/mol. The Kier molecular flexibility index (Phi) is 14.8. The van der Waals surface area contributed by atoms with Crippen LogP contribution in [0.2, 0.25) is 0 Å². The van der Waals surface area contributed by atoms with E-state index in [0.717, 1.165) is 108 Å². The first kappa shape index (κ1) is 39.3. The molecule has 2 aliphatic carbocycles. The van der Waals surface area contributed by atoms with Crippen LogP contribution in [0.5, 0.6) is 0 Å². The summed E-state index contributed by atoms with van der Waals surface area (Å²) < 4.78 is 0. The molecule has 0 atom stereocenters. The van der Waals surface area contributed by atoms with Gasteiger partial charge in [0.1, 0.15) is 49.4 Å². The Bertz CT molecular complexity index is 2080. The van der Waals surface area contributed by atoms with Gasteiger partial charge in [0.05, 0.1) is 22.8 Å². The summed E-state index contributed by atoms with van der Waals surface area (Å²) in [4.78, 5) is 38.9. The lowest BCUT2D eigenvalue weighted by atomic mass is 9.94. The number of aromatic nitrogens is 4. The number of aryl methyl sites for hydroxylation is 5. The molecular formula is C42H48N8O4. The van der Waals surface area contributed by atoms with Crippen molar-refractivity contribution in [2.75, 3.05) is 27.4 Å². The Morgan fingerprint density at radius 1 is 0.667 bits per heavy atom. The van der Waals surface area contributed by atoms with Gasteiger partial charge < -0.3 is 19.4 Å². The highest BCUT2D eigenvalue weighted by atomic mass is 16.6. The van der Waals surface area contributed by atoms with E-state index in [9.17, 15) is 0 Å². The second-order valence-corrected chi connectivity index (χ2v) is 12.9. The largest absolute Gasteiger partial charge is 0.399 e. The van der Waals surface area contributed by atoms with E-state index in [-0.39, 0.29) is 6.61 Å². The summed E-state index contributed by atoms with van der Waals surface area (Å²) in [7, 11) is 3.04. The zero-order valence-corrected chi connectivity index (χ0v) is 32.1. The van der Waals surface area contributed by atoms with E-state index in [4.69, 9.17) is 19.4 Å². The zero-order chi connectivity index (χ0) is 38.1. The van der Waals surface area contributed by atoms with Gasteiger partial charge in [0, 0.05) is 17.1 Å². The van der Waals surface area contributed by atoms with Crippen molar-refractivity contribution >= 4 is 22.8 Å². The minimum absolute atomic E-state index is 0.196. The number of pyridine rings is 4. The molecule has 4 heterocycles. The molecule has 6 rings (SSSR count). The summed E-state index contributed by atoms with van der Waals surface area (Å²) in [6.45, 7) is 8.46. The van der Waals surface area contributed by atoms with Crippen molar-refractivity contribution < 1.29 is 19.4 Å². The molecule has 0 bridgehead atoms. The smallest absolute Gasteiger partial charge is 0.177 e. The van der Waals surface area contributed by atoms with E-state index in [2.05, 4.69) is 70.6 Å². The molecule has 0 aliphatic heterocycles. The fourth-order valence-corrected chi connectivity index (χ4v) is 5.99. The third-order valence-electron chi connectivity index (χ3n) is 8.63. The van der Waals surface area contributed by atoms with Crippen LogP contribution in [-0.4, -0.2) is 70.2 Å². The van der Waals surface area contributed by atoms with Crippen molar-refractivity contribution in [3.05, 3.63) is 117 Å². The molecular weight excluding hydrogens is 681 g/mol. The molecule has 0 radical (unpaired) electrons. The second kappa shape index (κ2) is 20.3. The lowest BCUT2D eigenvalue weighted by Gasteiger charge is -2.16. The molecule has 12 nitrogen and oxygen atoms in total. The molecule has 0 spiro atoms. The van der Waals surface area contributed by atoms with Crippen molar-refractivity contribution in [2.45, 2.75) is 79.1 Å². The van der Waals surface area contributed by atoms with Crippen LogP contribution in [0.1, 0.15) is 103 Å². The van der Waals surface area contributed by atoms with Crippen LogP contribution in [-0.2, 0) is 38.6 Å².